The number of alkyl halides is 1. The van der Waals surface area contributed by atoms with Crippen molar-refractivity contribution in [3.63, 3.8) is 0 Å². The Morgan fingerprint density at radius 2 is 1.94 bits per heavy atom. The normalized spacial score (nSPS) is 21.8. The summed E-state index contributed by atoms with van der Waals surface area (Å²) in [6, 6.07) is 0.852. The fourth-order valence-electron chi connectivity index (χ4n) is 2.75. The highest BCUT2D eigenvalue weighted by Crippen LogP contribution is 2.22. The van der Waals surface area contributed by atoms with E-state index in [0.29, 0.717) is 0 Å². The Morgan fingerprint density at radius 1 is 1.12 bits per heavy atom. The second-order valence-corrected chi connectivity index (χ2v) is 5.46. The zero-order valence-corrected chi connectivity index (χ0v) is 11.6. The second kappa shape index (κ2) is 9.30. The summed E-state index contributed by atoms with van der Waals surface area (Å²) in [5, 5.41) is 0. The van der Waals surface area contributed by atoms with Crippen molar-refractivity contribution in [2.75, 3.05) is 19.0 Å². The second-order valence-electron chi connectivity index (χ2n) is 5.08. The average Bonchev–Trinajstić information content (AvgIpc) is 2.74. The highest BCUT2D eigenvalue weighted by molar-refractivity contribution is 6.17. The fraction of sp³-hybridized carbons (Fsp3) is 1.00. The van der Waals surface area contributed by atoms with E-state index >= 15 is 0 Å². The number of rotatable bonds is 9. The van der Waals surface area contributed by atoms with Crippen molar-refractivity contribution in [2.24, 2.45) is 0 Å². The van der Waals surface area contributed by atoms with Crippen LogP contribution in [0.5, 0.6) is 0 Å². The first-order valence-electron chi connectivity index (χ1n) is 7.18. The number of likely N-dealkylation sites (tertiary alicyclic amines) is 1. The Balaban J connectivity index is 2.05. The monoisotopic (exact) mass is 245 g/mol. The molecule has 1 heterocycles. The van der Waals surface area contributed by atoms with Crippen molar-refractivity contribution in [3.8, 4) is 0 Å². The van der Waals surface area contributed by atoms with Crippen LogP contribution >= 0.6 is 11.6 Å². The summed E-state index contributed by atoms with van der Waals surface area (Å²) in [5.41, 5.74) is 0. The Morgan fingerprint density at radius 3 is 2.69 bits per heavy atom. The van der Waals surface area contributed by atoms with Crippen LogP contribution in [-0.2, 0) is 0 Å². The fourth-order valence-corrected chi connectivity index (χ4v) is 2.90. The van der Waals surface area contributed by atoms with E-state index in [1.54, 1.807) is 0 Å². The number of nitrogens with zero attached hydrogens (tertiary/aromatic N) is 1. The topological polar surface area (TPSA) is 3.24 Å². The van der Waals surface area contributed by atoms with Gasteiger partial charge in [0.25, 0.3) is 0 Å². The Labute approximate surface area is 107 Å². The van der Waals surface area contributed by atoms with Crippen LogP contribution in [0.3, 0.4) is 0 Å². The molecule has 0 saturated carbocycles. The van der Waals surface area contributed by atoms with Crippen LogP contribution in [0.2, 0.25) is 0 Å². The first-order chi connectivity index (χ1) is 7.88. The molecule has 1 atom stereocenters. The summed E-state index contributed by atoms with van der Waals surface area (Å²) in [6.07, 6.45) is 12.3. The van der Waals surface area contributed by atoms with Gasteiger partial charge in [-0.15, -0.1) is 11.6 Å². The van der Waals surface area contributed by atoms with Gasteiger partial charge in [0, 0.05) is 11.9 Å². The van der Waals surface area contributed by atoms with E-state index in [1.807, 2.05) is 0 Å². The zero-order chi connectivity index (χ0) is 11.6. The molecule has 0 aromatic carbocycles. The summed E-state index contributed by atoms with van der Waals surface area (Å²) < 4.78 is 0. The van der Waals surface area contributed by atoms with E-state index in [9.17, 15) is 0 Å². The van der Waals surface area contributed by atoms with Gasteiger partial charge in [0.1, 0.15) is 0 Å². The summed E-state index contributed by atoms with van der Waals surface area (Å²) in [6.45, 7) is 4.94. The minimum absolute atomic E-state index is 0.834. The largest absolute Gasteiger partial charge is 0.300 e. The molecule has 1 aliphatic rings. The van der Waals surface area contributed by atoms with E-state index < -0.39 is 0 Å². The molecule has 0 spiro atoms. The predicted molar refractivity (Wildman–Crippen MR) is 73.3 cm³/mol. The lowest BCUT2D eigenvalue weighted by molar-refractivity contribution is 0.236. The number of hydrogen-bond donors (Lipinski definition) is 0. The molecule has 1 fully saturated rings. The standard InChI is InChI=1S/C14H28ClN/c1-2-3-4-5-6-12-16-13-8-10-14(16)9-7-11-15/h14H,2-13H2,1H3. The van der Waals surface area contributed by atoms with Crippen LogP contribution in [-0.4, -0.2) is 29.9 Å². The maximum Gasteiger partial charge on any atom is 0.0224 e. The molecule has 0 aromatic heterocycles. The number of hydrogen-bond acceptors (Lipinski definition) is 1. The van der Waals surface area contributed by atoms with E-state index in [0.717, 1.165) is 11.9 Å². The van der Waals surface area contributed by atoms with Gasteiger partial charge >= 0.3 is 0 Å². The van der Waals surface area contributed by atoms with Crippen LogP contribution in [0.25, 0.3) is 0 Å². The Hall–Kier alpha value is 0.250. The maximum atomic E-state index is 5.77. The van der Waals surface area contributed by atoms with Gasteiger partial charge in [0.05, 0.1) is 0 Å². The van der Waals surface area contributed by atoms with Crippen molar-refractivity contribution in [1.29, 1.82) is 0 Å². The molecule has 1 rings (SSSR count). The summed E-state index contributed by atoms with van der Waals surface area (Å²) in [7, 11) is 0. The molecule has 1 unspecified atom stereocenters. The molecule has 0 bridgehead atoms. The van der Waals surface area contributed by atoms with E-state index in [-0.39, 0.29) is 0 Å². The molecular formula is C14H28ClN. The summed E-state index contributed by atoms with van der Waals surface area (Å²) in [5.74, 6) is 0.834. The van der Waals surface area contributed by atoms with Gasteiger partial charge in [0.15, 0.2) is 0 Å². The number of halogens is 1. The summed E-state index contributed by atoms with van der Waals surface area (Å²) in [4.78, 5) is 2.71. The molecule has 96 valence electrons. The third kappa shape index (κ3) is 5.54. The molecule has 0 N–H and O–H groups in total. The molecule has 1 aliphatic heterocycles. The van der Waals surface area contributed by atoms with E-state index in [2.05, 4.69) is 11.8 Å². The highest BCUT2D eigenvalue weighted by Gasteiger charge is 2.22. The molecule has 0 aliphatic carbocycles. The van der Waals surface area contributed by atoms with Crippen LogP contribution in [0, 0.1) is 0 Å². The zero-order valence-electron chi connectivity index (χ0n) is 10.9. The van der Waals surface area contributed by atoms with E-state index in [1.165, 1.54) is 70.9 Å². The SMILES string of the molecule is CCCCCCCN1CCCC1CCCCl. The smallest absolute Gasteiger partial charge is 0.0224 e. The quantitative estimate of drug-likeness (QED) is 0.429. The molecule has 1 saturated heterocycles. The Kier molecular flexibility index (Phi) is 8.32. The third-order valence-electron chi connectivity index (χ3n) is 3.72. The molecule has 0 aromatic rings. The van der Waals surface area contributed by atoms with Gasteiger partial charge < -0.3 is 4.90 Å². The lowest BCUT2D eigenvalue weighted by atomic mass is 10.1. The van der Waals surface area contributed by atoms with Gasteiger partial charge in [-0.25, -0.2) is 0 Å². The van der Waals surface area contributed by atoms with Crippen molar-refractivity contribution in [3.05, 3.63) is 0 Å². The predicted octanol–water partition coefficient (Wildman–Crippen LogP) is 4.44. The van der Waals surface area contributed by atoms with Crippen molar-refractivity contribution in [1.82, 2.24) is 4.90 Å². The van der Waals surface area contributed by atoms with Gasteiger partial charge in [-0.05, 0) is 45.2 Å². The highest BCUT2D eigenvalue weighted by atomic mass is 35.5. The number of unbranched alkanes of at least 4 members (excludes halogenated alkanes) is 4. The van der Waals surface area contributed by atoms with E-state index in [4.69, 9.17) is 11.6 Å². The van der Waals surface area contributed by atoms with Crippen molar-refractivity contribution in [2.45, 2.75) is 70.8 Å². The van der Waals surface area contributed by atoms with Gasteiger partial charge in [-0.2, -0.15) is 0 Å². The van der Waals surface area contributed by atoms with Gasteiger partial charge in [-0.1, -0.05) is 32.6 Å². The molecule has 2 heteroatoms. The Bertz CT molecular complexity index is 161. The average molecular weight is 246 g/mol. The van der Waals surface area contributed by atoms with Crippen LogP contribution in [0.4, 0.5) is 0 Å². The molecular weight excluding hydrogens is 218 g/mol. The van der Waals surface area contributed by atoms with Gasteiger partial charge in [-0.3, -0.25) is 0 Å². The lowest BCUT2D eigenvalue weighted by Crippen LogP contribution is -2.30. The minimum atomic E-state index is 0.834. The molecule has 0 amide bonds. The van der Waals surface area contributed by atoms with Crippen LogP contribution < -0.4 is 0 Å². The first kappa shape index (κ1) is 14.3. The first-order valence-corrected chi connectivity index (χ1v) is 7.72. The third-order valence-corrected chi connectivity index (χ3v) is 3.99. The molecule has 0 radical (unpaired) electrons. The summed E-state index contributed by atoms with van der Waals surface area (Å²) >= 11 is 5.77. The van der Waals surface area contributed by atoms with Gasteiger partial charge in [0.2, 0.25) is 0 Å². The minimum Gasteiger partial charge on any atom is -0.300 e. The van der Waals surface area contributed by atoms with Crippen molar-refractivity contribution >= 4 is 11.6 Å². The molecule has 16 heavy (non-hydrogen) atoms. The van der Waals surface area contributed by atoms with Crippen molar-refractivity contribution < 1.29 is 0 Å². The molecule has 1 nitrogen and oxygen atoms in total. The maximum absolute atomic E-state index is 5.77. The van der Waals surface area contributed by atoms with Crippen LogP contribution in [0.1, 0.15) is 64.7 Å². The van der Waals surface area contributed by atoms with Crippen LogP contribution in [0.15, 0.2) is 0 Å². The lowest BCUT2D eigenvalue weighted by Gasteiger charge is -2.24.